The van der Waals surface area contributed by atoms with Gasteiger partial charge in [0.2, 0.25) is 0 Å². The van der Waals surface area contributed by atoms with E-state index in [0.29, 0.717) is 25.8 Å². The van der Waals surface area contributed by atoms with Gasteiger partial charge in [0.15, 0.2) is 0 Å². The molecule has 1 aliphatic heterocycles. The molecule has 0 saturated heterocycles. The molecule has 0 fully saturated rings. The van der Waals surface area contributed by atoms with Crippen LogP contribution in [-0.4, -0.2) is 45.2 Å². The molecule has 22 heavy (non-hydrogen) atoms. The standard InChI is InChI=1S/C16H22N4O2/c21-15(11-22-10-13-4-2-1-3-5-13)8-17-14-6-7-16-18-12-19-20(16)9-14/h1-5,12,14-15,17,21H,6-11H2/t14-,15+/m1/s1. The molecule has 3 rings (SSSR count). The van der Waals surface area contributed by atoms with Crippen molar-refractivity contribution >= 4 is 0 Å². The van der Waals surface area contributed by atoms with E-state index in [0.717, 1.165) is 30.8 Å². The Hall–Kier alpha value is -1.76. The van der Waals surface area contributed by atoms with Gasteiger partial charge in [0.05, 0.1) is 25.9 Å². The average molecular weight is 302 g/mol. The molecule has 6 nitrogen and oxygen atoms in total. The molecule has 0 unspecified atom stereocenters. The van der Waals surface area contributed by atoms with Crippen molar-refractivity contribution in [2.24, 2.45) is 0 Å². The van der Waals surface area contributed by atoms with Gasteiger partial charge < -0.3 is 15.2 Å². The number of benzene rings is 1. The first kappa shape index (κ1) is 15.1. The molecule has 0 bridgehead atoms. The van der Waals surface area contributed by atoms with E-state index in [1.165, 1.54) is 0 Å². The summed E-state index contributed by atoms with van der Waals surface area (Å²) in [6.07, 6.45) is 3.05. The van der Waals surface area contributed by atoms with Gasteiger partial charge in [-0.1, -0.05) is 30.3 Å². The molecule has 118 valence electrons. The fourth-order valence-corrected chi connectivity index (χ4v) is 2.65. The van der Waals surface area contributed by atoms with Crippen LogP contribution in [0.25, 0.3) is 0 Å². The molecule has 0 amide bonds. The Morgan fingerprint density at radius 3 is 3.09 bits per heavy atom. The van der Waals surface area contributed by atoms with E-state index in [1.54, 1.807) is 6.33 Å². The van der Waals surface area contributed by atoms with Gasteiger partial charge in [0, 0.05) is 19.0 Å². The Kier molecular flexibility index (Phi) is 5.15. The van der Waals surface area contributed by atoms with Gasteiger partial charge in [0.25, 0.3) is 0 Å². The Labute approximate surface area is 130 Å². The molecule has 2 aromatic rings. The van der Waals surface area contributed by atoms with E-state index < -0.39 is 6.10 Å². The van der Waals surface area contributed by atoms with Crippen LogP contribution in [0, 0.1) is 0 Å². The van der Waals surface area contributed by atoms with Crippen molar-refractivity contribution < 1.29 is 9.84 Å². The predicted octanol–water partition coefficient (Wildman–Crippen LogP) is 0.760. The highest BCUT2D eigenvalue weighted by molar-refractivity contribution is 5.13. The third kappa shape index (κ3) is 4.13. The first-order valence-electron chi connectivity index (χ1n) is 7.71. The molecule has 0 spiro atoms. The molecule has 1 aromatic heterocycles. The molecule has 1 aliphatic rings. The fourth-order valence-electron chi connectivity index (χ4n) is 2.65. The zero-order valence-corrected chi connectivity index (χ0v) is 12.6. The molecule has 2 heterocycles. The Bertz CT molecular complexity index is 573. The Morgan fingerprint density at radius 1 is 1.36 bits per heavy atom. The normalized spacial score (nSPS) is 18.9. The van der Waals surface area contributed by atoms with E-state index in [2.05, 4.69) is 15.4 Å². The van der Waals surface area contributed by atoms with Crippen molar-refractivity contribution in [3.63, 3.8) is 0 Å². The number of aryl methyl sites for hydroxylation is 1. The molecule has 0 saturated carbocycles. The lowest BCUT2D eigenvalue weighted by molar-refractivity contribution is 0.0269. The number of aliphatic hydroxyl groups is 1. The van der Waals surface area contributed by atoms with Crippen LogP contribution in [0.1, 0.15) is 17.8 Å². The van der Waals surface area contributed by atoms with E-state index in [1.807, 2.05) is 35.0 Å². The lowest BCUT2D eigenvalue weighted by Crippen LogP contribution is -2.42. The summed E-state index contributed by atoms with van der Waals surface area (Å²) in [7, 11) is 0. The number of hydrogen-bond donors (Lipinski definition) is 2. The fraction of sp³-hybridized carbons (Fsp3) is 0.500. The average Bonchev–Trinajstić information content (AvgIpc) is 3.01. The number of nitrogens with one attached hydrogen (secondary N) is 1. The highest BCUT2D eigenvalue weighted by atomic mass is 16.5. The molecule has 2 N–H and O–H groups in total. The number of fused-ring (bicyclic) bond motifs is 1. The summed E-state index contributed by atoms with van der Waals surface area (Å²) < 4.78 is 7.48. The van der Waals surface area contributed by atoms with E-state index in [4.69, 9.17) is 4.74 Å². The number of aliphatic hydroxyl groups excluding tert-OH is 1. The van der Waals surface area contributed by atoms with Crippen molar-refractivity contribution in [1.82, 2.24) is 20.1 Å². The first-order valence-corrected chi connectivity index (χ1v) is 7.71. The summed E-state index contributed by atoms with van der Waals surface area (Å²) >= 11 is 0. The highest BCUT2D eigenvalue weighted by Gasteiger charge is 2.19. The van der Waals surface area contributed by atoms with Crippen molar-refractivity contribution in [2.45, 2.75) is 38.1 Å². The maximum atomic E-state index is 9.99. The molecule has 6 heteroatoms. The lowest BCUT2D eigenvalue weighted by Gasteiger charge is -2.24. The number of rotatable bonds is 7. The van der Waals surface area contributed by atoms with Gasteiger partial charge in [0.1, 0.15) is 12.2 Å². The minimum atomic E-state index is -0.499. The quantitative estimate of drug-likeness (QED) is 0.790. The van der Waals surface area contributed by atoms with Crippen LogP contribution >= 0.6 is 0 Å². The summed E-state index contributed by atoms with van der Waals surface area (Å²) in [5.41, 5.74) is 1.12. The van der Waals surface area contributed by atoms with Crippen LogP contribution < -0.4 is 5.32 Å². The van der Waals surface area contributed by atoms with Crippen LogP contribution in [0.3, 0.4) is 0 Å². The van der Waals surface area contributed by atoms with Crippen LogP contribution in [0.15, 0.2) is 36.7 Å². The molecular formula is C16H22N4O2. The van der Waals surface area contributed by atoms with Crippen molar-refractivity contribution in [3.8, 4) is 0 Å². The molecule has 1 aromatic carbocycles. The number of nitrogens with zero attached hydrogens (tertiary/aromatic N) is 3. The molecular weight excluding hydrogens is 280 g/mol. The monoisotopic (exact) mass is 302 g/mol. The van der Waals surface area contributed by atoms with E-state index in [-0.39, 0.29) is 0 Å². The largest absolute Gasteiger partial charge is 0.389 e. The van der Waals surface area contributed by atoms with Crippen molar-refractivity contribution in [2.75, 3.05) is 13.2 Å². The van der Waals surface area contributed by atoms with Gasteiger partial charge in [-0.15, -0.1) is 0 Å². The smallest absolute Gasteiger partial charge is 0.138 e. The van der Waals surface area contributed by atoms with Crippen LogP contribution in [0.4, 0.5) is 0 Å². The van der Waals surface area contributed by atoms with Crippen LogP contribution in [0.2, 0.25) is 0 Å². The van der Waals surface area contributed by atoms with Gasteiger partial charge in [-0.25, -0.2) is 9.67 Å². The number of aromatic nitrogens is 3. The predicted molar refractivity (Wildman–Crippen MR) is 82.2 cm³/mol. The Morgan fingerprint density at radius 2 is 2.23 bits per heavy atom. The summed E-state index contributed by atoms with van der Waals surface area (Å²) in [5, 5.41) is 17.6. The Balaban J connectivity index is 1.34. The second-order valence-electron chi connectivity index (χ2n) is 5.66. The van der Waals surface area contributed by atoms with Crippen molar-refractivity contribution in [1.29, 1.82) is 0 Å². The van der Waals surface area contributed by atoms with Gasteiger partial charge in [-0.3, -0.25) is 0 Å². The summed E-state index contributed by atoms with van der Waals surface area (Å²) in [6, 6.07) is 10.3. The van der Waals surface area contributed by atoms with Crippen LogP contribution in [0.5, 0.6) is 0 Å². The maximum absolute atomic E-state index is 9.99. The zero-order chi connectivity index (χ0) is 15.2. The molecule has 0 aliphatic carbocycles. The second-order valence-corrected chi connectivity index (χ2v) is 5.66. The topological polar surface area (TPSA) is 72.2 Å². The van der Waals surface area contributed by atoms with Crippen LogP contribution in [-0.2, 0) is 24.3 Å². The first-order chi connectivity index (χ1) is 10.8. The summed E-state index contributed by atoms with van der Waals surface area (Å²) in [5.74, 6) is 1.05. The van der Waals surface area contributed by atoms with Gasteiger partial charge in [-0.05, 0) is 12.0 Å². The third-order valence-corrected chi connectivity index (χ3v) is 3.87. The molecule has 0 radical (unpaired) electrons. The minimum Gasteiger partial charge on any atom is -0.389 e. The highest BCUT2D eigenvalue weighted by Crippen LogP contribution is 2.11. The van der Waals surface area contributed by atoms with E-state index >= 15 is 0 Å². The molecule has 2 atom stereocenters. The summed E-state index contributed by atoms with van der Waals surface area (Å²) in [4.78, 5) is 4.21. The SMILES string of the molecule is O[C@@H](CN[C@@H]1CCc2ncnn2C1)COCc1ccccc1. The second kappa shape index (κ2) is 7.49. The maximum Gasteiger partial charge on any atom is 0.138 e. The number of hydrogen-bond acceptors (Lipinski definition) is 5. The van der Waals surface area contributed by atoms with Crippen molar-refractivity contribution in [3.05, 3.63) is 48.0 Å². The zero-order valence-electron chi connectivity index (χ0n) is 12.6. The van der Waals surface area contributed by atoms with Gasteiger partial charge in [-0.2, -0.15) is 5.10 Å². The summed E-state index contributed by atoms with van der Waals surface area (Å²) in [6.45, 7) is 2.21. The lowest BCUT2D eigenvalue weighted by atomic mass is 10.1. The minimum absolute atomic E-state index is 0.331. The number of ether oxygens (including phenoxy) is 1. The van der Waals surface area contributed by atoms with Gasteiger partial charge >= 0.3 is 0 Å². The van der Waals surface area contributed by atoms with E-state index in [9.17, 15) is 5.11 Å². The third-order valence-electron chi connectivity index (χ3n) is 3.87.